The molecule has 2 atom stereocenters. The fraction of sp³-hybridized carbons (Fsp3) is 0.500. The average Bonchev–Trinajstić information content (AvgIpc) is 3.23. The molecule has 10 nitrogen and oxygen atoms in total. The molecule has 1 aromatic carbocycles. The van der Waals surface area contributed by atoms with E-state index in [2.05, 4.69) is 5.32 Å². The van der Waals surface area contributed by atoms with Crippen LogP contribution in [-0.2, 0) is 16.1 Å². The lowest BCUT2D eigenvalue weighted by Gasteiger charge is -2.41. The van der Waals surface area contributed by atoms with E-state index in [0.29, 0.717) is 25.1 Å². The Morgan fingerprint density at radius 1 is 1.38 bits per heavy atom. The molecule has 0 saturated carbocycles. The Bertz CT molecular complexity index is 832. The lowest BCUT2D eigenvalue weighted by molar-refractivity contribution is -0.384. The topological polar surface area (TPSA) is 122 Å². The van der Waals surface area contributed by atoms with Crippen molar-refractivity contribution in [3.8, 4) is 0 Å². The van der Waals surface area contributed by atoms with Crippen LogP contribution in [0.25, 0.3) is 0 Å². The minimum absolute atomic E-state index is 0.0451. The summed E-state index contributed by atoms with van der Waals surface area (Å²) in [6, 6.07) is 5.48. The Hall–Kier alpha value is -2.82. The number of hydrogen-bond donors (Lipinski definition) is 1. The minimum Gasteiger partial charge on any atom is -0.444 e. The molecule has 0 aliphatic carbocycles. The number of nitro benzene ring substituents is 1. The summed E-state index contributed by atoms with van der Waals surface area (Å²) < 4.78 is 5.42. The first-order chi connectivity index (χ1) is 13.7. The normalized spacial score (nSPS) is 23.8. The van der Waals surface area contributed by atoms with Gasteiger partial charge in [-0.2, -0.15) is 0 Å². The summed E-state index contributed by atoms with van der Waals surface area (Å²) in [6.45, 7) is 4.44. The third-order valence-electron chi connectivity index (χ3n) is 5.08. The van der Waals surface area contributed by atoms with E-state index in [1.807, 2.05) is 0 Å². The molecular weight excluding hydrogens is 400 g/mol. The van der Waals surface area contributed by atoms with E-state index >= 15 is 0 Å². The van der Waals surface area contributed by atoms with Crippen molar-refractivity contribution in [3.05, 3.63) is 39.9 Å². The first kappa shape index (κ1) is 20.9. The third-order valence-corrected chi connectivity index (χ3v) is 6.06. The van der Waals surface area contributed by atoms with Crippen LogP contribution in [0.4, 0.5) is 15.3 Å². The van der Waals surface area contributed by atoms with Gasteiger partial charge in [-0.25, -0.2) is 9.59 Å². The number of ether oxygens (including phenoxy) is 1. The predicted octanol–water partition coefficient (Wildman–Crippen LogP) is 2.33. The summed E-state index contributed by atoms with van der Waals surface area (Å²) in [4.78, 5) is 50.0. The third kappa shape index (κ3) is 4.44. The monoisotopic (exact) mass is 422 g/mol. The van der Waals surface area contributed by atoms with Crippen molar-refractivity contribution in [2.24, 2.45) is 0 Å². The lowest BCUT2D eigenvalue weighted by atomic mass is 10.1. The zero-order chi connectivity index (χ0) is 21.2. The second-order valence-corrected chi connectivity index (χ2v) is 8.60. The van der Waals surface area contributed by atoms with Crippen molar-refractivity contribution in [3.63, 3.8) is 0 Å². The van der Waals surface area contributed by atoms with E-state index in [1.165, 1.54) is 36.1 Å². The number of nitrogens with zero attached hydrogens (tertiary/aromatic N) is 3. The average molecular weight is 422 g/mol. The number of nitrogens with one attached hydrogen (secondary N) is 1. The highest BCUT2D eigenvalue weighted by atomic mass is 32.2. The molecule has 1 N–H and O–H groups in total. The van der Waals surface area contributed by atoms with Gasteiger partial charge in [-0.3, -0.25) is 24.7 Å². The van der Waals surface area contributed by atoms with E-state index in [4.69, 9.17) is 4.74 Å². The van der Waals surface area contributed by atoms with Gasteiger partial charge in [0.1, 0.15) is 12.3 Å². The smallest absolute Gasteiger partial charge is 0.412 e. The Kier molecular flexibility index (Phi) is 5.96. The molecule has 1 aromatic rings. The van der Waals surface area contributed by atoms with Crippen LogP contribution in [0.5, 0.6) is 0 Å². The number of non-ortho nitro benzene ring substituents is 1. The molecule has 0 aromatic heterocycles. The van der Waals surface area contributed by atoms with Gasteiger partial charge in [0, 0.05) is 50.4 Å². The molecule has 2 fully saturated rings. The van der Waals surface area contributed by atoms with Crippen LogP contribution >= 0.6 is 11.8 Å². The molecule has 0 bridgehead atoms. The van der Waals surface area contributed by atoms with Crippen LogP contribution in [0, 0.1) is 10.1 Å². The van der Waals surface area contributed by atoms with Crippen molar-refractivity contribution >= 4 is 34.7 Å². The maximum atomic E-state index is 12.8. The highest BCUT2D eigenvalue weighted by molar-refractivity contribution is 8.14. The molecule has 0 unspecified atom stereocenters. The Morgan fingerprint density at radius 3 is 2.62 bits per heavy atom. The first-order valence-electron chi connectivity index (χ1n) is 9.11. The van der Waals surface area contributed by atoms with Gasteiger partial charge >= 0.3 is 12.1 Å². The van der Waals surface area contributed by atoms with Gasteiger partial charge in [0.25, 0.3) is 5.69 Å². The number of carbonyl (C=O) groups excluding carboxylic acids is 3. The number of likely N-dealkylation sites (tertiary alicyclic amines) is 1. The summed E-state index contributed by atoms with van der Waals surface area (Å²) in [7, 11) is 0. The molecule has 2 saturated heterocycles. The number of carbonyl (C=O) groups is 3. The summed E-state index contributed by atoms with van der Waals surface area (Å²) in [5.41, 5.74) is -0.338. The van der Waals surface area contributed by atoms with E-state index in [9.17, 15) is 24.5 Å². The van der Waals surface area contributed by atoms with Gasteiger partial charge in [-0.05, 0) is 24.6 Å². The largest absolute Gasteiger partial charge is 0.444 e. The highest BCUT2D eigenvalue weighted by Gasteiger charge is 2.52. The van der Waals surface area contributed by atoms with Crippen LogP contribution in [-0.4, -0.2) is 62.5 Å². The predicted molar refractivity (Wildman–Crippen MR) is 105 cm³/mol. The zero-order valence-electron chi connectivity index (χ0n) is 16.1. The second-order valence-electron chi connectivity index (χ2n) is 7.12. The number of nitro groups is 1. The van der Waals surface area contributed by atoms with E-state index in [-0.39, 0.29) is 35.2 Å². The Balaban J connectivity index is 1.72. The summed E-state index contributed by atoms with van der Waals surface area (Å²) >= 11 is 1.15. The minimum atomic E-state index is -0.903. The van der Waals surface area contributed by atoms with Gasteiger partial charge in [-0.1, -0.05) is 11.8 Å². The number of benzene rings is 1. The Labute approximate surface area is 171 Å². The maximum absolute atomic E-state index is 12.8. The van der Waals surface area contributed by atoms with Gasteiger partial charge in [0.2, 0.25) is 0 Å². The van der Waals surface area contributed by atoms with Gasteiger partial charge in [-0.15, -0.1) is 0 Å². The Morgan fingerprint density at radius 2 is 2.07 bits per heavy atom. The quantitative estimate of drug-likeness (QED) is 0.571. The molecule has 11 heteroatoms. The van der Waals surface area contributed by atoms with E-state index < -0.39 is 16.7 Å². The van der Waals surface area contributed by atoms with Crippen molar-refractivity contribution in [1.82, 2.24) is 15.1 Å². The van der Waals surface area contributed by atoms with Crippen molar-refractivity contribution in [2.75, 3.05) is 19.6 Å². The molecule has 2 heterocycles. The van der Waals surface area contributed by atoms with Crippen LogP contribution < -0.4 is 5.32 Å². The van der Waals surface area contributed by atoms with E-state index in [1.54, 1.807) is 11.8 Å². The number of hydrogen-bond acceptors (Lipinski definition) is 7. The number of urea groups is 1. The SMILES string of the molecule is CC(=O)S[C@@H]1CN(C(=O)OCc2ccc([N+](=O)[O-])cc2)[C@](C)(N2CCNC2=O)C1. The standard InChI is InChI=1S/C18H22N4O6S/c1-12(23)29-15-9-18(2,20-8-7-19-16(20)24)21(10-15)17(25)28-11-13-3-5-14(6-4-13)22(26)27/h3-6,15H,7-11H2,1-2H3,(H,19,24)/t15-,18-/m0/s1. The molecule has 2 aliphatic heterocycles. The van der Waals surface area contributed by atoms with Gasteiger partial charge in [0.15, 0.2) is 5.12 Å². The van der Waals surface area contributed by atoms with Crippen LogP contribution in [0.1, 0.15) is 25.8 Å². The van der Waals surface area contributed by atoms with Crippen LogP contribution in [0.15, 0.2) is 24.3 Å². The van der Waals surface area contributed by atoms with Crippen molar-refractivity contribution < 1.29 is 24.0 Å². The number of rotatable bonds is 5. The summed E-state index contributed by atoms with van der Waals surface area (Å²) in [6.07, 6.45) is -0.144. The molecule has 0 radical (unpaired) electrons. The molecule has 2 aliphatic rings. The maximum Gasteiger partial charge on any atom is 0.412 e. The first-order valence-corrected chi connectivity index (χ1v) is 9.99. The second kappa shape index (κ2) is 8.27. The highest BCUT2D eigenvalue weighted by Crippen LogP contribution is 2.39. The van der Waals surface area contributed by atoms with E-state index in [0.717, 1.165) is 11.8 Å². The lowest BCUT2D eigenvalue weighted by Crippen LogP contribution is -2.58. The molecule has 29 heavy (non-hydrogen) atoms. The fourth-order valence-corrected chi connectivity index (χ4v) is 4.81. The number of thioether (sulfide) groups is 1. The number of amides is 3. The van der Waals surface area contributed by atoms with Crippen molar-refractivity contribution in [1.29, 1.82) is 0 Å². The van der Waals surface area contributed by atoms with Gasteiger partial charge < -0.3 is 10.1 Å². The van der Waals surface area contributed by atoms with Crippen LogP contribution in [0.2, 0.25) is 0 Å². The molecule has 156 valence electrons. The summed E-state index contributed by atoms with van der Waals surface area (Å²) in [5.74, 6) is 0. The molecule has 3 amide bonds. The molecule has 3 rings (SSSR count). The van der Waals surface area contributed by atoms with Gasteiger partial charge in [0.05, 0.1) is 4.92 Å². The summed E-state index contributed by atoms with van der Waals surface area (Å²) in [5, 5.41) is 13.3. The zero-order valence-corrected chi connectivity index (χ0v) is 16.9. The molecule has 0 spiro atoms. The van der Waals surface area contributed by atoms with Crippen molar-refractivity contribution in [2.45, 2.75) is 37.8 Å². The molecular formula is C18H22N4O6S. The van der Waals surface area contributed by atoms with Crippen LogP contribution in [0.3, 0.4) is 0 Å². The fourth-order valence-electron chi connectivity index (χ4n) is 3.72.